The van der Waals surface area contributed by atoms with E-state index in [0.29, 0.717) is 6.54 Å². The average Bonchev–Trinajstić information content (AvgIpc) is 2.94. The maximum atomic E-state index is 10.7. The highest BCUT2D eigenvalue weighted by atomic mass is 16.6. The van der Waals surface area contributed by atoms with Gasteiger partial charge in [-0.1, -0.05) is 18.2 Å². The number of nitro groups is 1. The Balaban J connectivity index is 1.81. The Morgan fingerprint density at radius 1 is 1.25 bits per heavy atom. The molecule has 1 heterocycles. The van der Waals surface area contributed by atoms with Crippen molar-refractivity contribution < 1.29 is 4.92 Å². The first-order valence-electron chi connectivity index (χ1n) is 6.13. The normalized spacial score (nSPS) is 10.6. The van der Waals surface area contributed by atoms with Gasteiger partial charge < -0.3 is 5.32 Å². The summed E-state index contributed by atoms with van der Waals surface area (Å²) >= 11 is 0. The first-order chi connectivity index (χ1) is 9.74. The van der Waals surface area contributed by atoms with Gasteiger partial charge in [0, 0.05) is 29.8 Å². The monoisotopic (exact) mass is 268 g/mol. The second-order valence-corrected chi connectivity index (χ2v) is 4.42. The molecule has 0 saturated carbocycles. The van der Waals surface area contributed by atoms with Gasteiger partial charge in [0.1, 0.15) is 0 Å². The number of aromatic amines is 1. The van der Waals surface area contributed by atoms with Gasteiger partial charge in [0.2, 0.25) is 0 Å². The topological polar surface area (TPSA) is 83.9 Å². The van der Waals surface area contributed by atoms with Gasteiger partial charge in [-0.3, -0.25) is 15.2 Å². The third kappa shape index (κ3) is 2.31. The molecule has 20 heavy (non-hydrogen) atoms. The van der Waals surface area contributed by atoms with Crippen LogP contribution in [0, 0.1) is 10.1 Å². The molecule has 6 nitrogen and oxygen atoms in total. The number of anilines is 1. The van der Waals surface area contributed by atoms with Crippen LogP contribution in [0.5, 0.6) is 0 Å². The Bertz CT molecular complexity index is 766. The molecule has 0 fully saturated rings. The van der Waals surface area contributed by atoms with E-state index in [1.54, 1.807) is 18.3 Å². The van der Waals surface area contributed by atoms with Crippen LogP contribution in [0.4, 0.5) is 11.4 Å². The van der Waals surface area contributed by atoms with Crippen LogP contribution in [0.15, 0.2) is 48.7 Å². The van der Waals surface area contributed by atoms with Crippen molar-refractivity contribution in [2.45, 2.75) is 6.54 Å². The number of hydrogen-bond acceptors (Lipinski definition) is 4. The molecule has 0 atom stereocenters. The second kappa shape index (κ2) is 5.00. The summed E-state index contributed by atoms with van der Waals surface area (Å²) in [6.45, 7) is 0.520. The largest absolute Gasteiger partial charge is 0.380 e. The zero-order valence-electron chi connectivity index (χ0n) is 10.5. The molecule has 0 aliphatic heterocycles. The van der Waals surface area contributed by atoms with Crippen LogP contribution in [-0.2, 0) is 6.54 Å². The highest BCUT2D eigenvalue weighted by Gasteiger charge is 2.06. The lowest BCUT2D eigenvalue weighted by Gasteiger charge is -2.07. The van der Waals surface area contributed by atoms with Crippen molar-refractivity contribution in [2.75, 3.05) is 5.32 Å². The molecule has 0 spiro atoms. The number of nitro benzene ring substituents is 1. The van der Waals surface area contributed by atoms with E-state index in [1.165, 1.54) is 6.07 Å². The molecule has 2 N–H and O–H groups in total. The predicted molar refractivity (Wildman–Crippen MR) is 76.5 cm³/mol. The molecule has 0 saturated heterocycles. The standard InChI is InChI=1S/C14H12N4O2/c19-18(20)11-4-1-3-10(7-11)8-15-13-5-2-6-14-12(13)9-16-17-14/h1-7,9,15H,8H2,(H,16,17). The molecule has 3 rings (SSSR count). The SMILES string of the molecule is O=[N+]([O-])c1cccc(CNc2cccc3[nH]ncc23)c1. The molecule has 0 bridgehead atoms. The lowest BCUT2D eigenvalue weighted by Crippen LogP contribution is -2.00. The quantitative estimate of drug-likeness (QED) is 0.562. The van der Waals surface area contributed by atoms with Crippen LogP contribution in [0.2, 0.25) is 0 Å². The minimum atomic E-state index is -0.389. The van der Waals surface area contributed by atoms with Crippen molar-refractivity contribution in [3.63, 3.8) is 0 Å². The van der Waals surface area contributed by atoms with Crippen LogP contribution in [-0.4, -0.2) is 15.1 Å². The van der Waals surface area contributed by atoms with Gasteiger partial charge in [0.15, 0.2) is 0 Å². The fourth-order valence-electron chi connectivity index (χ4n) is 2.10. The molecular weight excluding hydrogens is 256 g/mol. The average molecular weight is 268 g/mol. The highest BCUT2D eigenvalue weighted by Crippen LogP contribution is 2.22. The summed E-state index contributed by atoms with van der Waals surface area (Å²) < 4.78 is 0. The summed E-state index contributed by atoms with van der Waals surface area (Å²) in [6.07, 6.45) is 1.76. The fourth-order valence-corrected chi connectivity index (χ4v) is 2.10. The number of rotatable bonds is 4. The van der Waals surface area contributed by atoms with E-state index in [9.17, 15) is 10.1 Å². The third-order valence-corrected chi connectivity index (χ3v) is 3.09. The molecule has 0 aliphatic rings. The smallest absolute Gasteiger partial charge is 0.269 e. The van der Waals surface area contributed by atoms with Gasteiger partial charge in [0.05, 0.1) is 16.6 Å². The van der Waals surface area contributed by atoms with Crippen molar-refractivity contribution in [3.8, 4) is 0 Å². The lowest BCUT2D eigenvalue weighted by molar-refractivity contribution is -0.384. The summed E-state index contributed by atoms with van der Waals surface area (Å²) in [7, 11) is 0. The van der Waals surface area contributed by atoms with Crippen LogP contribution in [0.3, 0.4) is 0 Å². The number of nitrogens with one attached hydrogen (secondary N) is 2. The van der Waals surface area contributed by atoms with Crippen molar-refractivity contribution >= 4 is 22.3 Å². The van der Waals surface area contributed by atoms with Crippen LogP contribution < -0.4 is 5.32 Å². The molecule has 2 aromatic carbocycles. The van der Waals surface area contributed by atoms with E-state index in [2.05, 4.69) is 15.5 Å². The maximum Gasteiger partial charge on any atom is 0.269 e. The van der Waals surface area contributed by atoms with Gasteiger partial charge in [-0.15, -0.1) is 0 Å². The molecule has 0 amide bonds. The Morgan fingerprint density at radius 2 is 2.10 bits per heavy atom. The number of non-ortho nitro benzene ring substituents is 1. The number of benzene rings is 2. The van der Waals surface area contributed by atoms with Crippen molar-refractivity contribution in [2.24, 2.45) is 0 Å². The molecular formula is C14H12N4O2. The summed E-state index contributed by atoms with van der Waals surface area (Å²) in [5, 5.41) is 21.9. The zero-order valence-corrected chi connectivity index (χ0v) is 10.5. The van der Waals surface area contributed by atoms with Crippen LogP contribution >= 0.6 is 0 Å². The first kappa shape index (κ1) is 12.2. The molecule has 1 aromatic heterocycles. The molecule has 0 radical (unpaired) electrons. The van der Waals surface area contributed by atoms with E-state index >= 15 is 0 Å². The Labute approximate surface area is 114 Å². The molecule has 0 unspecified atom stereocenters. The number of aromatic nitrogens is 2. The first-order valence-corrected chi connectivity index (χ1v) is 6.13. The summed E-state index contributed by atoms with van der Waals surface area (Å²) in [5.41, 5.74) is 2.86. The zero-order chi connectivity index (χ0) is 13.9. The maximum absolute atomic E-state index is 10.7. The van der Waals surface area contributed by atoms with E-state index in [0.717, 1.165) is 22.2 Å². The third-order valence-electron chi connectivity index (χ3n) is 3.09. The molecule has 0 aliphatic carbocycles. The van der Waals surface area contributed by atoms with Gasteiger partial charge in [-0.05, 0) is 17.7 Å². The fraction of sp³-hybridized carbons (Fsp3) is 0.0714. The minimum Gasteiger partial charge on any atom is -0.380 e. The predicted octanol–water partition coefficient (Wildman–Crippen LogP) is 3.08. The van der Waals surface area contributed by atoms with Gasteiger partial charge in [-0.2, -0.15) is 5.10 Å². The molecule has 3 aromatic rings. The van der Waals surface area contributed by atoms with Gasteiger partial charge >= 0.3 is 0 Å². The van der Waals surface area contributed by atoms with E-state index in [-0.39, 0.29) is 10.6 Å². The van der Waals surface area contributed by atoms with Crippen molar-refractivity contribution in [1.29, 1.82) is 0 Å². The Kier molecular flexibility index (Phi) is 3.04. The Hall–Kier alpha value is -2.89. The number of nitrogens with zero attached hydrogens (tertiary/aromatic N) is 2. The van der Waals surface area contributed by atoms with Crippen LogP contribution in [0.1, 0.15) is 5.56 Å². The number of hydrogen-bond donors (Lipinski definition) is 2. The summed E-state index contributed by atoms with van der Waals surface area (Å²) in [5.74, 6) is 0. The molecule has 100 valence electrons. The van der Waals surface area contributed by atoms with E-state index in [4.69, 9.17) is 0 Å². The van der Waals surface area contributed by atoms with E-state index in [1.807, 2.05) is 24.3 Å². The Morgan fingerprint density at radius 3 is 2.95 bits per heavy atom. The summed E-state index contributed by atoms with van der Waals surface area (Å²) in [6, 6.07) is 12.4. The molecule has 6 heteroatoms. The lowest BCUT2D eigenvalue weighted by atomic mass is 10.2. The highest BCUT2D eigenvalue weighted by molar-refractivity contribution is 5.90. The van der Waals surface area contributed by atoms with Crippen molar-refractivity contribution in [1.82, 2.24) is 10.2 Å². The minimum absolute atomic E-state index is 0.103. The van der Waals surface area contributed by atoms with Crippen LogP contribution in [0.25, 0.3) is 10.9 Å². The number of fused-ring (bicyclic) bond motifs is 1. The van der Waals surface area contributed by atoms with Gasteiger partial charge in [0.25, 0.3) is 5.69 Å². The number of H-pyrrole nitrogens is 1. The van der Waals surface area contributed by atoms with E-state index < -0.39 is 0 Å². The summed E-state index contributed by atoms with van der Waals surface area (Å²) in [4.78, 5) is 10.4. The van der Waals surface area contributed by atoms with Crippen molar-refractivity contribution in [3.05, 3.63) is 64.3 Å². The second-order valence-electron chi connectivity index (χ2n) is 4.42. The van der Waals surface area contributed by atoms with Gasteiger partial charge in [-0.25, -0.2) is 0 Å².